The van der Waals surface area contributed by atoms with E-state index in [1.807, 2.05) is 12.3 Å². The second kappa shape index (κ2) is 5.14. The van der Waals surface area contributed by atoms with E-state index in [9.17, 15) is 0 Å². The van der Waals surface area contributed by atoms with Crippen LogP contribution in [0.2, 0.25) is 0 Å². The van der Waals surface area contributed by atoms with E-state index in [0.29, 0.717) is 0 Å². The molecule has 0 atom stereocenters. The van der Waals surface area contributed by atoms with Gasteiger partial charge in [0.15, 0.2) is 0 Å². The summed E-state index contributed by atoms with van der Waals surface area (Å²) in [7, 11) is 0. The first-order valence-electron chi connectivity index (χ1n) is 5.86. The zero-order valence-electron chi connectivity index (χ0n) is 9.84. The fraction of sp³-hybridized carbons (Fsp3) is 0.143. The number of pyridine rings is 1. The summed E-state index contributed by atoms with van der Waals surface area (Å²) in [6.45, 7) is 1.78. The van der Waals surface area contributed by atoms with Gasteiger partial charge < -0.3 is 5.32 Å². The quantitative estimate of drug-likeness (QED) is 0.915. The van der Waals surface area contributed by atoms with Crippen molar-refractivity contribution in [1.82, 2.24) is 10.3 Å². The molecule has 1 aliphatic heterocycles. The lowest BCUT2D eigenvalue weighted by atomic mass is 10.0. The Labute approximate surface area is 110 Å². The highest BCUT2D eigenvalue weighted by atomic mass is 32.1. The molecule has 0 fully saturated rings. The molecule has 0 amide bonds. The maximum atomic E-state index is 4.42. The van der Waals surface area contributed by atoms with Gasteiger partial charge in [-0.25, -0.2) is 0 Å². The molecule has 0 spiro atoms. The van der Waals surface area contributed by atoms with Gasteiger partial charge >= 0.3 is 0 Å². The van der Waals surface area contributed by atoms with Gasteiger partial charge in [-0.2, -0.15) is 11.3 Å². The Morgan fingerprint density at radius 3 is 3.00 bits per heavy atom. The molecular weight excluding hydrogens is 242 g/mol. The van der Waals surface area contributed by atoms with Crippen molar-refractivity contribution in [2.75, 3.05) is 13.1 Å². The van der Waals surface area contributed by atoms with E-state index in [2.05, 4.69) is 44.3 Å². The first-order valence-corrected chi connectivity index (χ1v) is 6.81. The van der Waals surface area contributed by atoms with Crippen molar-refractivity contribution in [3.8, 4) is 0 Å². The van der Waals surface area contributed by atoms with Crippen LogP contribution in [0.3, 0.4) is 0 Å². The third kappa shape index (κ3) is 2.33. The molecule has 3 rings (SSSR count). The molecule has 0 aromatic carbocycles. The Bertz CT molecular complexity index is 570. The number of nitrogens with one attached hydrogen (secondary N) is 1. The van der Waals surface area contributed by atoms with Gasteiger partial charge in [0.1, 0.15) is 5.84 Å². The van der Waals surface area contributed by atoms with Crippen molar-refractivity contribution in [1.29, 1.82) is 0 Å². The van der Waals surface area contributed by atoms with E-state index in [1.54, 1.807) is 17.5 Å². The van der Waals surface area contributed by atoms with Crippen LogP contribution in [0.1, 0.15) is 11.1 Å². The Hall–Kier alpha value is -1.94. The Morgan fingerprint density at radius 2 is 2.33 bits per heavy atom. The Kier molecular flexibility index (Phi) is 3.19. The van der Waals surface area contributed by atoms with Gasteiger partial charge in [0.2, 0.25) is 0 Å². The molecule has 0 unspecified atom stereocenters. The lowest BCUT2D eigenvalue weighted by Crippen LogP contribution is -2.16. The van der Waals surface area contributed by atoms with Crippen molar-refractivity contribution in [3.63, 3.8) is 0 Å². The molecule has 90 valence electrons. The minimum Gasteiger partial charge on any atom is -0.369 e. The Balaban J connectivity index is 2.04. The number of thiophene rings is 1. The lowest BCUT2D eigenvalue weighted by Gasteiger charge is -2.06. The average molecular weight is 255 g/mol. The molecule has 0 saturated heterocycles. The number of hydrogen-bond acceptors (Lipinski definition) is 4. The van der Waals surface area contributed by atoms with E-state index in [4.69, 9.17) is 0 Å². The molecular formula is C14H13N3S. The van der Waals surface area contributed by atoms with Crippen LogP contribution < -0.4 is 5.32 Å². The van der Waals surface area contributed by atoms with Crippen LogP contribution in [0.5, 0.6) is 0 Å². The topological polar surface area (TPSA) is 37.3 Å². The highest BCUT2D eigenvalue weighted by Crippen LogP contribution is 2.24. The summed E-state index contributed by atoms with van der Waals surface area (Å²) in [6.07, 6.45) is 5.78. The normalized spacial score (nSPS) is 15.3. The predicted molar refractivity (Wildman–Crippen MR) is 75.9 cm³/mol. The zero-order chi connectivity index (χ0) is 12.2. The molecule has 1 N–H and O–H groups in total. The van der Waals surface area contributed by atoms with Crippen LogP contribution in [-0.2, 0) is 0 Å². The average Bonchev–Trinajstić information content (AvgIpc) is 3.10. The van der Waals surface area contributed by atoms with Crippen LogP contribution >= 0.6 is 11.3 Å². The SMILES string of the molecule is C(/C1=NCCN1)=C(/c1cccnc1)c1ccsc1. The number of amidine groups is 1. The standard InChI is InChI=1S/C14H13N3S/c1-2-11(9-15-4-1)13(12-3-7-18-10-12)8-14-16-5-6-17-14/h1-4,7-10H,5-6H2,(H,16,17)/b13-8+. The van der Waals surface area contributed by atoms with Crippen LogP contribution in [-0.4, -0.2) is 23.9 Å². The van der Waals surface area contributed by atoms with E-state index in [-0.39, 0.29) is 0 Å². The molecule has 3 nitrogen and oxygen atoms in total. The molecule has 0 saturated carbocycles. The largest absolute Gasteiger partial charge is 0.369 e. The summed E-state index contributed by atoms with van der Waals surface area (Å²) < 4.78 is 0. The zero-order valence-corrected chi connectivity index (χ0v) is 10.7. The van der Waals surface area contributed by atoms with E-state index < -0.39 is 0 Å². The van der Waals surface area contributed by atoms with E-state index in [0.717, 1.165) is 30.1 Å². The first-order chi connectivity index (χ1) is 8.93. The van der Waals surface area contributed by atoms with Gasteiger partial charge in [-0.05, 0) is 40.1 Å². The van der Waals surface area contributed by atoms with Crippen molar-refractivity contribution in [2.45, 2.75) is 0 Å². The van der Waals surface area contributed by atoms with Crippen molar-refractivity contribution >= 4 is 22.7 Å². The molecule has 3 heterocycles. The third-order valence-electron chi connectivity index (χ3n) is 2.79. The Morgan fingerprint density at radius 1 is 1.33 bits per heavy atom. The molecule has 18 heavy (non-hydrogen) atoms. The number of aliphatic imine (C=N–C) groups is 1. The van der Waals surface area contributed by atoms with Crippen molar-refractivity contribution < 1.29 is 0 Å². The van der Waals surface area contributed by atoms with Crippen LogP contribution in [0.4, 0.5) is 0 Å². The minimum atomic E-state index is 0.857. The smallest absolute Gasteiger partial charge is 0.121 e. The summed E-state index contributed by atoms with van der Waals surface area (Å²) in [4.78, 5) is 8.62. The highest BCUT2D eigenvalue weighted by molar-refractivity contribution is 7.08. The van der Waals surface area contributed by atoms with Crippen molar-refractivity contribution in [2.24, 2.45) is 4.99 Å². The van der Waals surface area contributed by atoms with Gasteiger partial charge in [-0.1, -0.05) is 6.07 Å². The molecule has 2 aromatic rings. The number of nitrogens with zero attached hydrogens (tertiary/aromatic N) is 2. The molecule has 1 aliphatic rings. The fourth-order valence-electron chi connectivity index (χ4n) is 1.92. The minimum absolute atomic E-state index is 0.857. The summed E-state index contributed by atoms with van der Waals surface area (Å²) in [6, 6.07) is 6.16. The molecule has 2 aromatic heterocycles. The highest BCUT2D eigenvalue weighted by Gasteiger charge is 2.09. The number of aromatic nitrogens is 1. The number of hydrogen-bond donors (Lipinski definition) is 1. The van der Waals surface area contributed by atoms with Crippen LogP contribution in [0.15, 0.2) is 52.4 Å². The molecule has 0 aliphatic carbocycles. The lowest BCUT2D eigenvalue weighted by molar-refractivity contribution is 0.961. The number of rotatable bonds is 3. The monoisotopic (exact) mass is 255 g/mol. The van der Waals surface area contributed by atoms with Crippen molar-refractivity contribution in [3.05, 3.63) is 58.6 Å². The van der Waals surface area contributed by atoms with Gasteiger partial charge in [-0.15, -0.1) is 0 Å². The summed E-state index contributed by atoms with van der Waals surface area (Å²) in [5.41, 5.74) is 3.49. The fourth-order valence-corrected chi connectivity index (χ4v) is 2.58. The predicted octanol–water partition coefficient (Wildman–Crippen LogP) is 2.58. The van der Waals surface area contributed by atoms with E-state index >= 15 is 0 Å². The second-order valence-electron chi connectivity index (χ2n) is 4.01. The first kappa shape index (κ1) is 11.2. The van der Waals surface area contributed by atoms with Gasteiger partial charge in [0, 0.05) is 24.5 Å². The van der Waals surface area contributed by atoms with Crippen LogP contribution in [0, 0.1) is 0 Å². The van der Waals surface area contributed by atoms with Gasteiger partial charge in [0.05, 0.1) is 6.54 Å². The maximum absolute atomic E-state index is 4.42. The summed E-state index contributed by atoms with van der Waals surface area (Å²) in [5.74, 6) is 0.958. The summed E-state index contributed by atoms with van der Waals surface area (Å²) >= 11 is 1.70. The second-order valence-corrected chi connectivity index (χ2v) is 4.79. The van der Waals surface area contributed by atoms with Crippen LogP contribution in [0.25, 0.3) is 5.57 Å². The third-order valence-corrected chi connectivity index (χ3v) is 3.47. The van der Waals surface area contributed by atoms with Gasteiger partial charge in [0.25, 0.3) is 0 Å². The van der Waals surface area contributed by atoms with E-state index in [1.165, 1.54) is 5.56 Å². The van der Waals surface area contributed by atoms with Gasteiger partial charge in [-0.3, -0.25) is 9.98 Å². The molecule has 0 radical (unpaired) electrons. The summed E-state index contributed by atoms with van der Waals surface area (Å²) in [5, 5.41) is 7.51. The maximum Gasteiger partial charge on any atom is 0.121 e. The molecule has 0 bridgehead atoms. The molecule has 4 heteroatoms.